The van der Waals surface area contributed by atoms with E-state index >= 15 is 0 Å². The van der Waals surface area contributed by atoms with E-state index in [1.165, 1.54) is 0 Å². The molecule has 1 rings (SSSR count). The number of nitrogens with zero attached hydrogens (tertiary/aromatic N) is 2. The van der Waals surface area contributed by atoms with Gasteiger partial charge in [-0.3, -0.25) is 4.79 Å². The average molecular weight is 255 g/mol. The van der Waals surface area contributed by atoms with Crippen LogP contribution < -0.4 is 5.32 Å². The van der Waals surface area contributed by atoms with Gasteiger partial charge in [0.15, 0.2) is 0 Å². The van der Waals surface area contributed by atoms with E-state index in [0.29, 0.717) is 32.7 Å². The second-order valence-corrected chi connectivity index (χ2v) is 4.66. The molecule has 5 nitrogen and oxygen atoms in total. The van der Waals surface area contributed by atoms with E-state index in [1.807, 2.05) is 11.8 Å². The Morgan fingerprint density at radius 3 is 1.94 bits per heavy atom. The van der Waals surface area contributed by atoms with Crippen molar-refractivity contribution >= 4 is 11.9 Å². The van der Waals surface area contributed by atoms with Crippen molar-refractivity contribution in [1.29, 1.82) is 0 Å². The predicted octanol–water partition coefficient (Wildman–Crippen LogP) is 1.30. The topological polar surface area (TPSA) is 52.7 Å². The van der Waals surface area contributed by atoms with Crippen molar-refractivity contribution in [3.63, 3.8) is 0 Å². The first-order valence-corrected chi connectivity index (χ1v) is 6.95. The lowest BCUT2D eigenvalue weighted by Gasteiger charge is -2.36. The van der Waals surface area contributed by atoms with Crippen molar-refractivity contribution in [2.45, 2.75) is 33.6 Å². The second kappa shape index (κ2) is 7.24. The molecular weight excluding hydrogens is 230 g/mol. The molecule has 1 heterocycles. The average Bonchev–Trinajstić information content (AvgIpc) is 2.40. The van der Waals surface area contributed by atoms with Crippen molar-refractivity contribution in [1.82, 2.24) is 15.1 Å². The van der Waals surface area contributed by atoms with Gasteiger partial charge in [0.1, 0.15) is 0 Å². The zero-order valence-corrected chi connectivity index (χ0v) is 11.7. The molecule has 1 saturated heterocycles. The number of hydrogen-bond acceptors (Lipinski definition) is 2. The van der Waals surface area contributed by atoms with Crippen molar-refractivity contribution < 1.29 is 9.59 Å². The van der Waals surface area contributed by atoms with E-state index in [9.17, 15) is 9.59 Å². The highest BCUT2D eigenvalue weighted by atomic mass is 16.2. The molecule has 0 radical (unpaired) electrons. The van der Waals surface area contributed by atoms with Crippen LogP contribution in [0, 0.1) is 5.92 Å². The number of urea groups is 1. The fourth-order valence-corrected chi connectivity index (χ4v) is 2.29. The molecule has 0 aromatic carbocycles. The molecule has 1 fully saturated rings. The summed E-state index contributed by atoms with van der Waals surface area (Å²) in [7, 11) is 0. The Hall–Kier alpha value is -1.26. The summed E-state index contributed by atoms with van der Waals surface area (Å²) in [5, 5.41) is 2.79. The van der Waals surface area contributed by atoms with Gasteiger partial charge < -0.3 is 15.1 Å². The highest BCUT2D eigenvalue weighted by molar-refractivity contribution is 5.79. The van der Waals surface area contributed by atoms with Crippen molar-refractivity contribution in [2.75, 3.05) is 32.7 Å². The van der Waals surface area contributed by atoms with Crippen LogP contribution in [0.3, 0.4) is 0 Å². The Balaban J connectivity index is 2.43. The number of piperazine rings is 1. The normalized spacial score (nSPS) is 16.0. The number of hydrogen-bond donors (Lipinski definition) is 1. The van der Waals surface area contributed by atoms with Gasteiger partial charge in [-0.15, -0.1) is 0 Å². The van der Waals surface area contributed by atoms with Crippen LogP contribution in [0.15, 0.2) is 0 Å². The van der Waals surface area contributed by atoms with Gasteiger partial charge >= 0.3 is 6.03 Å². The minimum Gasteiger partial charge on any atom is -0.339 e. The molecule has 0 aromatic heterocycles. The number of rotatable bonds is 4. The Bertz CT molecular complexity index is 282. The van der Waals surface area contributed by atoms with E-state index in [1.54, 1.807) is 4.90 Å². The lowest BCUT2D eigenvalue weighted by molar-refractivity contribution is -0.137. The Labute approximate surface area is 110 Å². The third-order valence-electron chi connectivity index (χ3n) is 3.54. The number of carbonyl (C=O) groups excluding carboxylic acids is 2. The first-order valence-electron chi connectivity index (χ1n) is 6.95. The quantitative estimate of drug-likeness (QED) is 0.823. The monoisotopic (exact) mass is 255 g/mol. The van der Waals surface area contributed by atoms with Crippen molar-refractivity contribution in [3.05, 3.63) is 0 Å². The molecule has 0 saturated carbocycles. The molecule has 18 heavy (non-hydrogen) atoms. The smallest absolute Gasteiger partial charge is 0.317 e. The third kappa shape index (κ3) is 3.62. The van der Waals surface area contributed by atoms with Crippen molar-refractivity contribution in [2.24, 2.45) is 5.92 Å². The first kappa shape index (κ1) is 14.8. The minimum atomic E-state index is -0.0212. The van der Waals surface area contributed by atoms with Crippen LogP contribution in [0.5, 0.6) is 0 Å². The number of amides is 3. The second-order valence-electron chi connectivity index (χ2n) is 4.66. The van der Waals surface area contributed by atoms with Crippen LogP contribution in [-0.2, 0) is 4.79 Å². The van der Waals surface area contributed by atoms with Crippen LogP contribution in [0.1, 0.15) is 33.6 Å². The molecule has 0 unspecified atom stereocenters. The van der Waals surface area contributed by atoms with E-state index in [-0.39, 0.29) is 17.9 Å². The van der Waals surface area contributed by atoms with Gasteiger partial charge in [0.2, 0.25) is 5.91 Å². The number of nitrogens with one attached hydrogen (secondary N) is 1. The summed E-state index contributed by atoms with van der Waals surface area (Å²) < 4.78 is 0. The fraction of sp³-hybridized carbons (Fsp3) is 0.846. The zero-order chi connectivity index (χ0) is 13.5. The van der Waals surface area contributed by atoms with Gasteiger partial charge in [0.05, 0.1) is 0 Å². The maximum absolute atomic E-state index is 12.2. The van der Waals surface area contributed by atoms with E-state index in [2.05, 4.69) is 19.2 Å². The van der Waals surface area contributed by atoms with Gasteiger partial charge in [-0.05, 0) is 19.8 Å². The molecule has 0 aliphatic carbocycles. The summed E-state index contributed by atoms with van der Waals surface area (Å²) in [6, 6.07) is -0.0212. The molecule has 1 aliphatic heterocycles. The molecule has 5 heteroatoms. The first-order chi connectivity index (χ1) is 8.63. The number of carbonyl (C=O) groups is 2. The largest absolute Gasteiger partial charge is 0.339 e. The lowest BCUT2D eigenvalue weighted by atomic mass is 10.0. The molecule has 0 bridgehead atoms. The van der Waals surface area contributed by atoms with Gasteiger partial charge in [0, 0.05) is 38.6 Å². The maximum atomic E-state index is 12.2. The lowest BCUT2D eigenvalue weighted by Crippen LogP contribution is -2.54. The highest BCUT2D eigenvalue weighted by Gasteiger charge is 2.26. The van der Waals surface area contributed by atoms with Crippen molar-refractivity contribution in [3.8, 4) is 0 Å². The van der Waals surface area contributed by atoms with Gasteiger partial charge in [-0.25, -0.2) is 4.79 Å². The summed E-state index contributed by atoms with van der Waals surface area (Å²) in [5.41, 5.74) is 0. The fourth-order valence-electron chi connectivity index (χ4n) is 2.29. The standard InChI is InChI=1S/C13H25N3O2/c1-4-11(5-2)12(17)15-7-9-16(10-8-15)13(18)14-6-3/h11H,4-10H2,1-3H3,(H,14,18). The highest BCUT2D eigenvalue weighted by Crippen LogP contribution is 2.13. The summed E-state index contributed by atoms with van der Waals surface area (Å²) in [6.07, 6.45) is 1.79. The molecule has 104 valence electrons. The molecule has 3 amide bonds. The van der Waals surface area contributed by atoms with Gasteiger partial charge in [-0.2, -0.15) is 0 Å². The van der Waals surface area contributed by atoms with Crippen LogP contribution in [0.4, 0.5) is 4.79 Å². The van der Waals surface area contributed by atoms with Gasteiger partial charge in [0.25, 0.3) is 0 Å². The van der Waals surface area contributed by atoms with Crippen LogP contribution >= 0.6 is 0 Å². The minimum absolute atomic E-state index is 0.0212. The zero-order valence-electron chi connectivity index (χ0n) is 11.7. The summed E-state index contributed by atoms with van der Waals surface area (Å²) in [6.45, 7) is 9.25. The van der Waals surface area contributed by atoms with Crippen LogP contribution in [0.2, 0.25) is 0 Å². The third-order valence-corrected chi connectivity index (χ3v) is 3.54. The van der Waals surface area contributed by atoms with E-state index < -0.39 is 0 Å². The Morgan fingerprint density at radius 2 is 1.50 bits per heavy atom. The maximum Gasteiger partial charge on any atom is 0.317 e. The SMILES string of the molecule is CCNC(=O)N1CCN(C(=O)C(CC)CC)CC1. The molecule has 0 aromatic rings. The summed E-state index contributed by atoms with van der Waals surface area (Å²) in [4.78, 5) is 27.5. The Kier molecular flexibility index (Phi) is 5.95. The Morgan fingerprint density at radius 1 is 1.00 bits per heavy atom. The molecular formula is C13H25N3O2. The van der Waals surface area contributed by atoms with Crippen LogP contribution in [0.25, 0.3) is 0 Å². The molecule has 0 atom stereocenters. The van der Waals surface area contributed by atoms with E-state index in [4.69, 9.17) is 0 Å². The van der Waals surface area contributed by atoms with E-state index in [0.717, 1.165) is 12.8 Å². The van der Waals surface area contributed by atoms with Crippen LogP contribution in [-0.4, -0.2) is 54.5 Å². The predicted molar refractivity (Wildman–Crippen MR) is 71.3 cm³/mol. The van der Waals surface area contributed by atoms with Gasteiger partial charge in [-0.1, -0.05) is 13.8 Å². The molecule has 1 aliphatic rings. The summed E-state index contributed by atoms with van der Waals surface area (Å²) >= 11 is 0. The summed E-state index contributed by atoms with van der Waals surface area (Å²) in [5.74, 6) is 0.386. The molecule has 0 spiro atoms. The molecule has 1 N–H and O–H groups in total.